The molecular formula is C44H32O4P2. The quantitative estimate of drug-likeness (QED) is 0.169. The van der Waals surface area contributed by atoms with Crippen LogP contribution in [0.2, 0.25) is 0 Å². The largest absolute Gasteiger partial charge is 0.419 e. The van der Waals surface area contributed by atoms with Gasteiger partial charge in [0.05, 0.1) is 12.3 Å². The molecule has 0 unspecified atom stereocenters. The van der Waals surface area contributed by atoms with E-state index in [1.165, 1.54) is 43.1 Å². The zero-order valence-electron chi connectivity index (χ0n) is 27.2. The van der Waals surface area contributed by atoms with Crippen LogP contribution in [0.25, 0.3) is 87.0 Å². The first-order valence-electron chi connectivity index (χ1n) is 17.1. The van der Waals surface area contributed by atoms with Crippen molar-refractivity contribution in [3.63, 3.8) is 0 Å². The van der Waals surface area contributed by atoms with Crippen LogP contribution < -0.4 is 0 Å². The Morgan fingerprint density at radius 3 is 0.840 bits per heavy atom. The standard InChI is InChI=1S/C44H32O4P2/c1-5-15-33-29(11-1)19-23-37-41(33)42-34-16-6-2-12-30(34)20-24-38(42)46-49(45-37)27-9-10-28-50-47-39-25-21-31-13-3-7-17-35(31)43(39)44-36-18-8-4-14-32(36)22-26-40(44)48-50/h1-8,11-26H,9-10,27-28H2. The molecule has 0 aliphatic heterocycles. The molecule has 50 heavy (non-hydrogen) atoms. The average Bonchev–Trinajstić information content (AvgIpc) is 3.44. The van der Waals surface area contributed by atoms with Crippen molar-refractivity contribution in [3.8, 4) is 0 Å². The van der Waals surface area contributed by atoms with Gasteiger partial charge in [-0.25, -0.2) is 0 Å². The fourth-order valence-corrected chi connectivity index (χ4v) is 10.4. The normalized spacial score (nSPS) is 11.9. The fourth-order valence-electron chi connectivity index (χ4n) is 7.48. The molecule has 10 rings (SSSR count). The fraction of sp³-hybridized carbons (Fsp3) is 0.0909. The van der Waals surface area contributed by atoms with Crippen LogP contribution in [0.5, 0.6) is 0 Å². The summed E-state index contributed by atoms with van der Waals surface area (Å²) in [4.78, 5) is 0. The Morgan fingerprint density at radius 2 is 0.560 bits per heavy atom. The van der Waals surface area contributed by atoms with Gasteiger partial charge in [-0.2, -0.15) is 0 Å². The van der Waals surface area contributed by atoms with E-state index >= 15 is 0 Å². The van der Waals surface area contributed by atoms with E-state index in [9.17, 15) is 0 Å². The number of hydrogen-bond donors (Lipinski definition) is 0. The first kappa shape index (κ1) is 29.5. The summed E-state index contributed by atoms with van der Waals surface area (Å²) in [6, 6.07) is 51.2. The van der Waals surface area contributed by atoms with Crippen molar-refractivity contribution >= 4 is 103 Å². The topological polar surface area (TPSA) is 52.6 Å². The number of unbranched alkanes of at least 4 members (excludes halogenated alkanes) is 1. The van der Waals surface area contributed by atoms with Gasteiger partial charge in [-0.05, 0) is 80.2 Å². The Labute approximate surface area is 289 Å². The van der Waals surface area contributed by atoms with E-state index in [0.29, 0.717) is 0 Å². The van der Waals surface area contributed by atoms with Crippen LogP contribution in [-0.4, -0.2) is 0 Å². The first-order chi connectivity index (χ1) is 24.8. The van der Waals surface area contributed by atoms with Crippen LogP contribution in [0.1, 0.15) is 12.8 Å². The molecule has 0 atom stereocenters. The summed E-state index contributed by atoms with van der Waals surface area (Å²) in [6.45, 7) is 0. The molecule has 0 saturated carbocycles. The molecule has 0 N–H and O–H groups in total. The van der Waals surface area contributed by atoms with Crippen LogP contribution in [-0.2, 0) is 12.3 Å². The summed E-state index contributed by atoms with van der Waals surface area (Å²) < 4.78 is 27.1. The molecule has 0 saturated heterocycles. The highest BCUT2D eigenvalue weighted by atomic mass is 31.1. The second-order valence-electron chi connectivity index (χ2n) is 12.8. The van der Waals surface area contributed by atoms with Crippen LogP contribution in [0, 0.1) is 0 Å². The van der Waals surface area contributed by atoms with Crippen molar-refractivity contribution in [2.45, 2.75) is 25.2 Å². The molecule has 8 aromatic carbocycles. The first-order valence-corrected chi connectivity index (χ1v) is 19.9. The van der Waals surface area contributed by atoms with E-state index in [1.807, 2.05) is 0 Å². The van der Waals surface area contributed by atoms with Gasteiger partial charge < -0.3 is 16.8 Å². The van der Waals surface area contributed by atoms with Crippen molar-refractivity contribution in [2.24, 2.45) is 0 Å². The number of rotatable bonds is 5. The Kier molecular flexibility index (Phi) is 7.19. The number of hydrogen-bond acceptors (Lipinski definition) is 4. The van der Waals surface area contributed by atoms with Gasteiger partial charge in [0.1, 0.15) is 22.3 Å². The highest BCUT2D eigenvalue weighted by Crippen LogP contribution is 2.44. The number of fused-ring (bicyclic) bond motifs is 14. The zero-order chi connectivity index (χ0) is 33.0. The van der Waals surface area contributed by atoms with Gasteiger partial charge >= 0.3 is 0 Å². The molecule has 10 aromatic rings. The lowest BCUT2D eigenvalue weighted by molar-refractivity contribution is 0.611. The smallest absolute Gasteiger partial charge is 0.216 e. The monoisotopic (exact) mass is 686 g/mol. The summed E-state index contributed by atoms with van der Waals surface area (Å²) in [5.74, 6) is 0. The van der Waals surface area contributed by atoms with E-state index in [-0.39, 0.29) is 0 Å². The lowest BCUT2D eigenvalue weighted by Crippen LogP contribution is -1.79. The summed E-state index contributed by atoms with van der Waals surface area (Å²) in [6.07, 6.45) is 3.47. The molecular weight excluding hydrogens is 654 g/mol. The van der Waals surface area contributed by atoms with Crippen LogP contribution in [0.3, 0.4) is 0 Å². The second kappa shape index (κ2) is 12.2. The Hall–Kier alpha value is -5.40. The molecule has 0 aliphatic carbocycles. The maximum Gasteiger partial charge on any atom is 0.216 e. The molecule has 2 heterocycles. The minimum atomic E-state index is -1.22. The molecule has 4 nitrogen and oxygen atoms in total. The van der Waals surface area contributed by atoms with Gasteiger partial charge in [-0.3, -0.25) is 0 Å². The van der Waals surface area contributed by atoms with Crippen LogP contribution >= 0.6 is 16.0 Å². The Balaban J connectivity index is 1.05. The summed E-state index contributed by atoms with van der Waals surface area (Å²) in [5, 5.41) is 13.9. The van der Waals surface area contributed by atoms with Gasteiger partial charge in [0.2, 0.25) is 16.0 Å². The van der Waals surface area contributed by atoms with Crippen LogP contribution in [0.15, 0.2) is 162 Å². The second-order valence-corrected chi connectivity index (χ2v) is 15.8. The van der Waals surface area contributed by atoms with Gasteiger partial charge in [0, 0.05) is 21.5 Å². The van der Waals surface area contributed by atoms with Gasteiger partial charge in [0.15, 0.2) is 0 Å². The lowest BCUT2D eigenvalue weighted by atomic mass is 9.99. The molecule has 0 radical (unpaired) electrons. The number of benzene rings is 8. The van der Waals surface area contributed by atoms with Crippen molar-refractivity contribution in [2.75, 3.05) is 0 Å². The maximum atomic E-state index is 6.77. The van der Waals surface area contributed by atoms with E-state index in [0.717, 1.165) is 69.0 Å². The van der Waals surface area contributed by atoms with E-state index in [2.05, 4.69) is 146 Å². The van der Waals surface area contributed by atoms with Gasteiger partial charge in [-0.15, -0.1) is 0 Å². The number of aryl methyl sites for hydroxylation is 2. The Bertz CT molecular complexity index is 2610. The Morgan fingerprint density at radius 1 is 0.300 bits per heavy atom. The minimum absolute atomic E-state index is 0.805. The predicted octanol–water partition coefficient (Wildman–Crippen LogP) is 15.0. The van der Waals surface area contributed by atoms with E-state index in [1.54, 1.807) is 0 Å². The minimum Gasteiger partial charge on any atom is -0.419 e. The summed E-state index contributed by atoms with van der Waals surface area (Å²) >= 11 is 0. The third kappa shape index (κ3) is 4.99. The molecule has 0 spiro atoms. The average molecular weight is 687 g/mol. The molecule has 0 aliphatic rings. The highest BCUT2D eigenvalue weighted by molar-refractivity contribution is 7.36. The van der Waals surface area contributed by atoms with Gasteiger partial charge in [0.25, 0.3) is 0 Å². The molecule has 0 bridgehead atoms. The summed E-state index contributed by atoms with van der Waals surface area (Å²) in [5.41, 5.74) is 3.55. The lowest BCUT2D eigenvalue weighted by Gasteiger charge is -2.05. The molecule has 0 amide bonds. The van der Waals surface area contributed by atoms with E-state index < -0.39 is 16.0 Å². The maximum absolute atomic E-state index is 6.77. The predicted molar refractivity (Wildman–Crippen MR) is 212 cm³/mol. The van der Waals surface area contributed by atoms with Crippen molar-refractivity contribution in [3.05, 3.63) is 146 Å². The van der Waals surface area contributed by atoms with Crippen molar-refractivity contribution in [1.29, 1.82) is 0 Å². The SMILES string of the molecule is c1ccc2c(c1)ccc1op(CCCCp3oc4ccc5ccccc5c4c4c(ccc5ccccc54)o3)oc3ccc4ccccc4c3c12. The molecule has 6 heteroatoms. The highest BCUT2D eigenvalue weighted by Gasteiger charge is 2.15. The molecule has 242 valence electrons. The third-order valence-corrected chi connectivity index (χ3v) is 12.8. The molecule has 0 fully saturated rings. The van der Waals surface area contributed by atoms with Gasteiger partial charge in [-0.1, -0.05) is 121 Å². The summed E-state index contributed by atoms with van der Waals surface area (Å²) in [7, 11) is -2.43. The zero-order valence-corrected chi connectivity index (χ0v) is 29.0. The molecule has 2 aromatic heterocycles. The van der Waals surface area contributed by atoms with Crippen molar-refractivity contribution < 1.29 is 16.8 Å². The van der Waals surface area contributed by atoms with E-state index in [4.69, 9.17) is 16.8 Å². The van der Waals surface area contributed by atoms with Crippen LogP contribution in [0.4, 0.5) is 0 Å². The third-order valence-electron chi connectivity index (χ3n) is 9.80. The van der Waals surface area contributed by atoms with Crippen molar-refractivity contribution in [1.82, 2.24) is 0 Å².